The van der Waals surface area contributed by atoms with Crippen molar-refractivity contribution in [2.75, 3.05) is 31.4 Å². The van der Waals surface area contributed by atoms with Gasteiger partial charge in [-0.2, -0.15) is 5.26 Å². The molecule has 0 aliphatic carbocycles. The van der Waals surface area contributed by atoms with Crippen LogP contribution < -0.4 is 20.1 Å². The first-order valence-electron chi connectivity index (χ1n) is 6.92. The van der Waals surface area contributed by atoms with Crippen LogP contribution in [-0.2, 0) is 4.79 Å². The third-order valence-electron chi connectivity index (χ3n) is 3.14. The molecule has 1 amide bonds. The van der Waals surface area contributed by atoms with E-state index in [0.29, 0.717) is 28.4 Å². The minimum absolute atomic E-state index is 0.0729. The summed E-state index contributed by atoms with van der Waals surface area (Å²) in [5, 5.41) is 14.5. The van der Waals surface area contributed by atoms with Gasteiger partial charge in [0.15, 0.2) is 0 Å². The topological polar surface area (TPSA) is 83.4 Å². The highest BCUT2D eigenvalue weighted by Gasteiger charge is 2.07. The van der Waals surface area contributed by atoms with Crippen LogP contribution >= 0.6 is 0 Å². The molecule has 0 atom stereocenters. The summed E-state index contributed by atoms with van der Waals surface area (Å²) in [6.45, 7) is 0.0729. The molecule has 2 aromatic rings. The van der Waals surface area contributed by atoms with Crippen molar-refractivity contribution in [3.63, 3.8) is 0 Å². The molecule has 0 spiro atoms. The molecular weight excluding hydrogens is 294 g/mol. The van der Waals surface area contributed by atoms with Crippen molar-refractivity contribution < 1.29 is 14.3 Å². The molecule has 2 N–H and O–H groups in total. The van der Waals surface area contributed by atoms with E-state index in [1.54, 1.807) is 56.7 Å². The van der Waals surface area contributed by atoms with Gasteiger partial charge in [-0.3, -0.25) is 4.79 Å². The van der Waals surface area contributed by atoms with Crippen LogP contribution in [0.2, 0.25) is 0 Å². The Kier molecular flexibility index (Phi) is 5.42. The Morgan fingerprint density at radius 3 is 2.48 bits per heavy atom. The number of anilines is 2. The molecule has 0 saturated carbocycles. The number of benzene rings is 2. The monoisotopic (exact) mass is 311 g/mol. The molecule has 0 aliphatic rings. The van der Waals surface area contributed by atoms with Crippen molar-refractivity contribution in [3.05, 3.63) is 48.0 Å². The van der Waals surface area contributed by atoms with Crippen molar-refractivity contribution in [1.29, 1.82) is 5.26 Å². The van der Waals surface area contributed by atoms with Crippen LogP contribution in [0.25, 0.3) is 0 Å². The summed E-state index contributed by atoms with van der Waals surface area (Å²) in [7, 11) is 3.13. The summed E-state index contributed by atoms with van der Waals surface area (Å²) in [4.78, 5) is 12.0. The lowest BCUT2D eigenvalue weighted by atomic mass is 10.2. The largest absolute Gasteiger partial charge is 0.497 e. The quantitative estimate of drug-likeness (QED) is 0.857. The van der Waals surface area contributed by atoms with Crippen LogP contribution in [0.3, 0.4) is 0 Å². The predicted molar refractivity (Wildman–Crippen MR) is 87.8 cm³/mol. The maximum Gasteiger partial charge on any atom is 0.243 e. The molecule has 118 valence electrons. The van der Waals surface area contributed by atoms with Crippen molar-refractivity contribution in [1.82, 2.24) is 0 Å². The minimum atomic E-state index is -0.209. The fraction of sp³-hybridized carbons (Fsp3) is 0.176. The second-order valence-electron chi connectivity index (χ2n) is 4.66. The molecule has 0 bridgehead atoms. The number of rotatable bonds is 6. The van der Waals surface area contributed by atoms with Crippen molar-refractivity contribution in [3.8, 4) is 17.6 Å². The lowest BCUT2D eigenvalue weighted by Crippen LogP contribution is -2.21. The number of methoxy groups -OCH3 is 2. The van der Waals surface area contributed by atoms with Crippen LogP contribution in [0.4, 0.5) is 11.4 Å². The summed E-state index contributed by atoms with van der Waals surface area (Å²) in [5.74, 6) is 1.08. The minimum Gasteiger partial charge on any atom is -0.497 e. The lowest BCUT2D eigenvalue weighted by molar-refractivity contribution is -0.114. The Morgan fingerprint density at radius 1 is 1.13 bits per heavy atom. The van der Waals surface area contributed by atoms with Crippen LogP contribution in [-0.4, -0.2) is 26.7 Å². The number of amides is 1. The number of carbonyl (C=O) groups excluding carboxylic acids is 1. The van der Waals surface area contributed by atoms with Gasteiger partial charge in [0.1, 0.15) is 11.5 Å². The van der Waals surface area contributed by atoms with Gasteiger partial charge in [-0.05, 0) is 36.4 Å². The highest BCUT2D eigenvalue weighted by Crippen LogP contribution is 2.28. The molecule has 0 saturated heterocycles. The van der Waals surface area contributed by atoms with E-state index in [1.807, 2.05) is 6.07 Å². The molecule has 0 heterocycles. The lowest BCUT2D eigenvalue weighted by Gasteiger charge is -2.12. The Morgan fingerprint density at radius 2 is 1.87 bits per heavy atom. The number of nitrogens with one attached hydrogen (secondary N) is 2. The van der Waals surface area contributed by atoms with E-state index in [-0.39, 0.29) is 12.5 Å². The smallest absolute Gasteiger partial charge is 0.243 e. The van der Waals surface area contributed by atoms with Gasteiger partial charge < -0.3 is 20.1 Å². The zero-order chi connectivity index (χ0) is 16.7. The summed E-state index contributed by atoms with van der Waals surface area (Å²) >= 11 is 0. The summed E-state index contributed by atoms with van der Waals surface area (Å²) in [5.41, 5.74) is 1.84. The molecule has 6 heteroatoms. The zero-order valence-corrected chi connectivity index (χ0v) is 12.9. The van der Waals surface area contributed by atoms with Gasteiger partial charge in [0, 0.05) is 11.8 Å². The predicted octanol–water partition coefficient (Wildman–Crippen LogP) is 2.63. The summed E-state index contributed by atoms with van der Waals surface area (Å²) in [6.07, 6.45) is 0. The average molecular weight is 311 g/mol. The van der Waals surface area contributed by atoms with Gasteiger partial charge >= 0.3 is 0 Å². The van der Waals surface area contributed by atoms with Gasteiger partial charge in [-0.1, -0.05) is 0 Å². The van der Waals surface area contributed by atoms with Gasteiger partial charge in [0.25, 0.3) is 0 Å². The molecular formula is C17H17N3O3. The van der Waals surface area contributed by atoms with E-state index in [2.05, 4.69) is 10.6 Å². The van der Waals surface area contributed by atoms with Gasteiger partial charge in [-0.15, -0.1) is 0 Å². The first-order chi connectivity index (χ1) is 11.2. The molecule has 2 aromatic carbocycles. The van der Waals surface area contributed by atoms with Crippen LogP contribution in [0.15, 0.2) is 42.5 Å². The third-order valence-corrected chi connectivity index (χ3v) is 3.14. The summed E-state index contributed by atoms with van der Waals surface area (Å²) in [6, 6.07) is 14.0. The number of nitriles is 1. The second-order valence-corrected chi connectivity index (χ2v) is 4.66. The first-order valence-corrected chi connectivity index (χ1v) is 6.92. The fourth-order valence-electron chi connectivity index (χ4n) is 1.96. The standard InChI is InChI=1S/C17H17N3O3/c1-22-14-7-8-16(23-2)15(9-14)19-11-17(21)20-13-5-3-12(10-18)4-6-13/h3-9,19H,11H2,1-2H3,(H,20,21). The van der Waals surface area contributed by atoms with E-state index >= 15 is 0 Å². The number of hydrogen-bond donors (Lipinski definition) is 2. The maximum atomic E-state index is 12.0. The van der Waals surface area contributed by atoms with Gasteiger partial charge in [0.05, 0.1) is 38.1 Å². The number of carbonyl (C=O) groups is 1. The maximum absolute atomic E-state index is 12.0. The molecule has 0 fully saturated rings. The van der Waals surface area contributed by atoms with E-state index < -0.39 is 0 Å². The van der Waals surface area contributed by atoms with Crippen molar-refractivity contribution in [2.45, 2.75) is 0 Å². The molecule has 23 heavy (non-hydrogen) atoms. The SMILES string of the molecule is COc1ccc(OC)c(NCC(=O)Nc2ccc(C#N)cc2)c1. The Bertz CT molecular complexity index is 721. The van der Waals surface area contributed by atoms with E-state index in [4.69, 9.17) is 14.7 Å². The molecule has 0 aliphatic heterocycles. The first kappa shape index (κ1) is 16.2. The highest BCUT2D eigenvalue weighted by atomic mass is 16.5. The number of hydrogen-bond acceptors (Lipinski definition) is 5. The van der Waals surface area contributed by atoms with E-state index in [9.17, 15) is 4.79 Å². The molecule has 0 radical (unpaired) electrons. The number of nitrogens with zero attached hydrogens (tertiary/aromatic N) is 1. The fourth-order valence-corrected chi connectivity index (χ4v) is 1.96. The average Bonchev–Trinajstić information content (AvgIpc) is 2.60. The third kappa shape index (κ3) is 4.38. The number of ether oxygens (including phenoxy) is 2. The van der Waals surface area contributed by atoms with Crippen LogP contribution in [0.1, 0.15) is 5.56 Å². The summed E-state index contributed by atoms with van der Waals surface area (Å²) < 4.78 is 10.4. The van der Waals surface area contributed by atoms with Crippen molar-refractivity contribution >= 4 is 17.3 Å². The van der Waals surface area contributed by atoms with Crippen LogP contribution in [0.5, 0.6) is 11.5 Å². The Hall–Kier alpha value is -3.20. The Labute approximate surface area is 134 Å². The van der Waals surface area contributed by atoms with Gasteiger partial charge in [-0.25, -0.2) is 0 Å². The van der Waals surface area contributed by atoms with Gasteiger partial charge in [0.2, 0.25) is 5.91 Å². The normalized spacial score (nSPS) is 9.61. The highest BCUT2D eigenvalue weighted by molar-refractivity contribution is 5.94. The molecule has 2 rings (SSSR count). The van der Waals surface area contributed by atoms with E-state index in [1.165, 1.54) is 0 Å². The van der Waals surface area contributed by atoms with Crippen molar-refractivity contribution in [2.24, 2.45) is 0 Å². The van der Waals surface area contributed by atoms with Crippen LogP contribution in [0, 0.1) is 11.3 Å². The Balaban J connectivity index is 1.97. The van der Waals surface area contributed by atoms with E-state index in [0.717, 1.165) is 0 Å². The molecule has 6 nitrogen and oxygen atoms in total. The molecule has 0 aromatic heterocycles. The zero-order valence-electron chi connectivity index (χ0n) is 12.9. The second kappa shape index (κ2) is 7.71. The molecule has 0 unspecified atom stereocenters.